The zero-order chi connectivity index (χ0) is 19.3. The third-order valence-corrected chi connectivity index (χ3v) is 3.64. The van der Waals surface area contributed by atoms with Crippen LogP contribution in [0.3, 0.4) is 0 Å². The summed E-state index contributed by atoms with van der Waals surface area (Å²) in [6, 6.07) is 9.45. The Labute approximate surface area is 153 Å². The predicted molar refractivity (Wildman–Crippen MR) is 99.6 cm³/mol. The van der Waals surface area contributed by atoms with Crippen LogP contribution in [0, 0.1) is 0 Å². The van der Waals surface area contributed by atoms with Gasteiger partial charge in [0, 0.05) is 12.1 Å². The Morgan fingerprint density at radius 2 is 1.88 bits per heavy atom. The molecule has 0 aliphatic carbocycles. The number of para-hydroxylation sites is 1. The van der Waals surface area contributed by atoms with Crippen molar-refractivity contribution in [3.8, 4) is 11.4 Å². The van der Waals surface area contributed by atoms with Crippen LogP contribution < -0.4 is 10.1 Å². The highest BCUT2D eigenvalue weighted by Crippen LogP contribution is 2.21. The van der Waals surface area contributed by atoms with E-state index in [0.717, 1.165) is 5.69 Å². The fraction of sp³-hybridized carbons (Fsp3) is 0.421. The Balaban J connectivity index is 2.24. The van der Waals surface area contributed by atoms with E-state index in [9.17, 15) is 9.59 Å². The van der Waals surface area contributed by atoms with Crippen molar-refractivity contribution in [2.24, 2.45) is 0 Å². The van der Waals surface area contributed by atoms with Gasteiger partial charge in [-0.25, -0.2) is 4.68 Å². The zero-order valence-corrected chi connectivity index (χ0v) is 15.9. The van der Waals surface area contributed by atoms with Gasteiger partial charge in [0.25, 0.3) is 5.91 Å². The Morgan fingerprint density at radius 3 is 2.42 bits per heavy atom. The van der Waals surface area contributed by atoms with E-state index in [-0.39, 0.29) is 29.6 Å². The molecule has 140 valence electrons. The van der Waals surface area contributed by atoms with Crippen molar-refractivity contribution in [1.29, 1.82) is 0 Å². The monoisotopic (exact) mass is 358 g/mol. The second kappa shape index (κ2) is 8.03. The van der Waals surface area contributed by atoms with E-state index in [0.29, 0.717) is 12.3 Å². The number of aromatic nitrogens is 2. The van der Waals surface area contributed by atoms with Gasteiger partial charge in [-0.2, -0.15) is 5.10 Å². The van der Waals surface area contributed by atoms with E-state index in [1.54, 1.807) is 10.9 Å². The topological polar surface area (TPSA) is 76.5 Å². The number of benzene rings is 1. The molecule has 2 amide bonds. The van der Waals surface area contributed by atoms with Gasteiger partial charge < -0.3 is 15.0 Å². The summed E-state index contributed by atoms with van der Waals surface area (Å²) in [4.78, 5) is 26.5. The van der Waals surface area contributed by atoms with Crippen LogP contribution in [0.5, 0.6) is 5.75 Å². The molecule has 7 heteroatoms. The standard InChI is InChI=1S/C19H26N4O3/c1-6-22(13-16(24)20-19(2,3)4)18(25)17-15(26-5)12-23(21-17)14-10-8-7-9-11-14/h7-12H,6,13H2,1-5H3,(H,20,24). The predicted octanol–water partition coefficient (Wildman–Crippen LogP) is 2.26. The molecule has 0 fully saturated rings. The number of nitrogens with zero attached hydrogens (tertiary/aromatic N) is 3. The largest absolute Gasteiger partial charge is 0.493 e. The fourth-order valence-electron chi connectivity index (χ4n) is 2.48. The van der Waals surface area contributed by atoms with Gasteiger partial charge in [-0.3, -0.25) is 9.59 Å². The zero-order valence-electron chi connectivity index (χ0n) is 15.9. The first kappa shape index (κ1) is 19.5. The molecular weight excluding hydrogens is 332 g/mol. The minimum Gasteiger partial charge on any atom is -0.493 e. The summed E-state index contributed by atoms with van der Waals surface area (Å²) in [7, 11) is 1.49. The molecule has 0 unspecified atom stereocenters. The SMILES string of the molecule is CCN(CC(=O)NC(C)(C)C)C(=O)c1nn(-c2ccccc2)cc1OC. The van der Waals surface area contributed by atoms with Crippen molar-refractivity contribution in [1.82, 2.24) is 20.0 Å². The van der Waals surface area contributed by atoms with E-state index in [1.807, 2.05) is 58.0 Å². The van der Waals surface area contributed by atoms with Crippen molar-refractivity contribution in [3.63, 3.8) is 0 Å². The minimum absolute atomic E-state index is 0.0338. The van der Waals surface area contributed by atoms with Crippen molar-refractivity contribution in [2.75, 3.05) is 20.2 Å². The van der Waals surface area contributed by atoms with Crippen LogP contribution in [-0.4, -0.2) is 52.2 Å². The van der Waals surface area contributed by atoms with E-state index in [2.05, 4.69) is 10.4 Å². The average molecular weight is 358 g/mol. The molecule has 2 rings (SSSR count). The maximum absolute atomic E-state index is 12.9. The first-order valence-electron chi connectivity index (χ1n) is 8.54. The Morgan fingerprint density at radius 1 is 1.23 bits per heavy atom. The first-order chi connectivity index (χ1) is 12.2. The van der Waals surface area contributed by atoms with Crippen LogP contribution in [0.2, 0.25) is 0 Å². The second-order valence-corrected chi connectivity index (χ2v) is 6.94. The first-order valence-corrected chi connectivity index (χ1v) is 8.54. The summed E-state index contributed by atoms with van der Waals surface area (Å²) < 4.78 is 6.91. The average Bonchev–Trinajstić information content (AvgIpc) is 3.02. The van der Waals surface area contributed by atoms with Crippen LogP contribution in [0.4, 0.5) is 0 Å². The van der Waals surface area contributed by atoms with Crippen molar-refractivity contribution >= 4 is 11.8 Å². The van der Waals surface area contributed by atoms with Gasteiger partial charge >= 0.3 is 0 Å². The van der Waals surface area contributed by atoms with Gasteiger partial charge in [-0.1, -0.05) is 18.2 Å². The van der Waals surface area contributed by atoms with Gasteiger partial charge in [0.2, 0.25) is 5.91 Å². The van der Waals surface area contributed by atoms with Crippen LogP contribution in [0.25, 0.3) is 5.69 Å². The number of hydrogen-bond donors (Lipinski definition) is 1. The van der Waals surface area contributed by atoms with Gasteiger partial charge in [0.15, 0.2) is 11.4 Å². The third-order valence-electron chi connectivity index (χ3n) is 3.64. The molecule has 0 aliphatic rings. The molecule has 26 heavy (non-hydrogen) atoms. The van der Waals surface area contributed by atoms with Crippen molar-refractivity contribution in [3.05, 3.63) is 42.2 Å². The van der Waals surface area contributed by atoms with Gasteiger partial charge in [-0.05, 0) is 39.8 Å². The number of likely N-dealkylation sites (N-methyl/N-ethyl adjacent to an activating group) is 1. The Hall–Kier alpha value is -2.83. The van der Waals surface area contributed by atoms with Crippen molar-refractivity contribution in [2.45, 2.75) is 33.2 Å². The number of hydrogen-bond acceptors (Lipinski definition) is 4. The van der Waals surface area contributed by atoms with E-state index in [4.69, 9.17) is 4.74 Å². The molecule has 0 saturated carbocycles. The molecule has 1 N–H and O–H groups in total. The maximum atomic E-state index is 12.9. The summed E-state index contributed by atoms with van der Waals surface area (Å²) in [6.45, 7) is 7.86. The number of carbonyl (C=O) groups is 2. The molecule has 0 atom stereocenters. The molecule has 2 aromatic rings. The van der Waals surface area contributed by atoms with Crippen LogP contribution in [0.15, 0.2) is 36.5 Å². The number of carbonyl (C=O) groups excluding carboxylic acids is 2. The van der Waals surface area contributed by atoms with E-state index in [1.165, 1.54) is 12.0 Å². The minimum atomic E-state index is -0.355. The molecule has 0 radical (unpaired) electrons. The summed E-state index contributed by atoms with van der Waals surface area (Å²) in [6.07, 6.45) is 1.66. The summed E-state index contributed by atoms with van der Waals surface area (Å²) in [5.74, 6) is -0.189. The maximum Gasteiger partial charge on any atom is 0.278 e. The smallest absolute Gasteiger partial charge is 0.278 e. The molecule has 0 saturated heterocycles. The lowest BCUT2D eigenvalue weighted by atomic mass is 10.1. The molecular formula is C19H26N4O3. The van der Waals surface area contributed by atoms with E-state index >= 15 is 0 Å². The summed E-state index contributed by atoms with van der Waals surface area (Å²) in [5.41, 5.74) is 0.645. The molecule has 0 aliphatic heterocycles. The van der Waals surface area contributed by atoms with Crippen LogP contribution in [0.1, 0.15) is 38.2 Å². The van der Waals surface area contributed by atoms with Gasteiger partial charge in [0.05, 0.1) is 25.5 Å². The molecule has 0 spiro atoms. The number of nitrogens with one attached hydrogen (secondary N) is 1. The second-order valence-electron chi connectivity index (χ2n) is 6.94. The molecule has 7 nitrogen and oxygen atoms in total. The Bertz CT molecular complexity index is 763. The number of rotatable bonds is 6. The summed E-state index contributed by atoms with van der Waals surface area (Å²) >= 11 is 0. The lowest BCUT2D eigenvalue weighted by molar-refractivity contribution is -0.123. The van der Waals surface area contributed by atoms with Gasteiger partial charge in [-0.15, -0.1) is 0 Å². The fourth-order valence-corrected chi connectivity index (χ4v) is 2.48. The molecule has 1 aromatic heterocycles. The quantitative estimate of drug-likeness (QED) is 0.859. The van der Waals surface area contributed by atoms with Gasteiger partial charge in [0.1, 0.15) is 0 Å². The van der Waals surface area contributed by atoms with E-state index < -0.39 is 0 Å². The van der Waals surface area contributed by atoms with Crippen LogP contribution >= 0.6 is 0 Å². The lowest BCUT2D eigenvalue weighted by Crippen LogP contribution is -2.47. The third kappa shape index (κ3) is 4.84. The number of methoxy groups -OCH3 is 1. The Kier molecular flexibility index (Phi) is 6.02. The van der Waals surface area contributed by atoms with Crippen LogP contribution in [-0.2, 0) is 4.79 Å². The highest BCUT2D eigenvalue weighted by molar-refractivity contribution is 5.97. The highest BCUT2D eigenvalue weighted by atomic mass is 16.5. The molecule has 1 aromatic carbocycles. The number of ether oxygens (including phenoxy) is 1. The lowest BCUT2D eigenvalue weighted by Gasteiger charge is -2.24. The number of amides is 2. The molecule has 1 heterocycles. The van der Waals surface area contributed by atoms with Crippen molar-refractivity contribution < 1.29 is 14.3 Å². The molecule has 0 bridgehead atoms. The highest BCUT2D eigenvalue weighted by Gasteiger charge is 2.25. The normalized spacial score (nSPS) is 11.1. The summed E-state index contributed by atoms with van der Waals surface area (Å²) in [5, 5.41) is 7.23.